The first-order chi connectivity index (χ1) is 13.0. The molecule has 2 aromatic rings. The largest absolute Gasteiger partial charge is 0.348 e. The van der Waals surface area contributed by atoms with Gasteiger partial charge in [0.25, 0.3) is 5.91 Å². The Morgan fingerprint density at radius 3 is 2.37 bits per heavy atom. The standard InChI is InChI=1S/C23H33N3O/c1-17(2)14-20(18(3)4)10-11-21(15-19-8-6-5-7-9-19)26-23(27)22-16-24-12-13-25-22/h5-9,12-13,16-18,20-21H,10-11,14-15H2,1-4H3,(H,26,27)/t20-,21+/m0/s1. The molecule has 0 fully saturated rings. The van der Waals surface area contributed by atoms with Gasteiger partial charge in [-0.1, -0.05) is 58.0 Å². The number of nitrogens with one attached hydrogen (secondary N) is 1. The first-order valence-corrected chi connectivity index (χ1v) is 10.1. The molecule has 0 bridgehead atoms. The summed E-state index contributed by atoms with van der Waals surface area (Å²) in [6.07, 6.45) is 8.80. The molecule has 4 nitrogen and oxygen atoms in total. The van der Waals surface area contributed by atoms with Crippen LogP contribution in [0.1, 0.15) is 63.0 Å². The molecule has 1 N–H and O–H groups in total. The maximum Gasteiger partial charge on any atom is 0.271 e. The summed E-state index contributed by atoms with van der Waals surface area (Å²) >= 11 is 0. The summed E-state index contributed by atoms with van der Waals surface area (Å²) < 4.78 is 0. The minimum absolute atomic E-state index is 0.0929. The van der Waals surface area contributed by atoms with E-state index in [0.717, 1.165) is 19.3 Å². The number of benzene rings is 1. The number of rotatable bonds is 10. The van der Waals surface area contributed by atoms with Gasteiger partial charge in [0.2, 0.25) is 0 Å². The Labute approximate surface area is 163 Å². The predicted octanol–water partition coefficient (Wildman–Crippen LogP) is 4.92. The van der Waals surface area contributed by atoms with Gasteiger partial charge in [-0.15, -0.1) is 0 Å². The van der Waals surface area contributed by atoms with Crippen LogP contribution in [0, 0.1) is 17.8 Å². The normalized spacial score (nSPS) is 13.6. The average molecular weight is 368 g/mol. The van der Waals surface area contributed by atoms with Crippen molar-refractivity contribution in [2.45, 2.75) is 59.4 Å². The second-order valence-corrected chi connectivity index (χ2v) is 8.16. The molecule has 146 valence electrons. The van der Waals surface area contributed by atoms with Crippen molar-refractivity contribution in [3.63, 3.8) is 0 Å². The van der Waals surface area contributed by atoms with E-state index in [2.05, 4.69) is 55.1 Å². The van der Waals surface area contributed by atoms with Gasteiger partial charge in [-0.25, -0.2) is 4.98 Å². The second-order valence-electron chi connectivity index (χ2n) is 8.16. The molecule has 2 atom stereocenters. The fourth-order valence-corrected chi connectivity index (χ4v) is 3.54. The van der Waals surface area contributed by atoms with E-state index >= 15 is 0 Å². The molecule has 0 spiro atoms. The molecule has 4 heteroatoms. The number of hydrogen-bond donors (Lipinski definition) is 1. The average Bonchev–Trinajstić information content (AvgIpc) is 2.66. The van der Waals surface area contributed by atoms with Crippen molar-refractivity contribution in [3.8, 4) is 0 Å². The van der Waals surface area contributed by atoms with E-state index in [4.69, 9.17) is 0 Å². The number of carbonyl (C=O) groups is 1. The second kappa shape index (κ2) is 10.8. The fourth-order valence-electron chi connectivity index (χ4n) is 3.54. The summed E-state index contributed by atoms with van der Waals surface area (Å²) in [5.41, 5.74) is 1.62. The summed E-state index contributed by atoms with van der Waals surface area (Å²) in [6.45, 7) is 9.17. The molecule has 0 saturated heterocycles. The van der Waals surface area contributed by atoms with Gasteiger partial charge in [-0.05, 0) is 49.0 Å². The molecule has 2 rings (SSSR count). The molecule has 0 unspecified atom stereocenters. The zero-order valence-electron chi connectivity index (χ0n) is 17.1. The van der Waals surface area contributed by atoms with Crippen molar-refractivity contribution in [2.24, 2.45) is 17.8 Å². The van der Waals surface area contributed by atoms with Crippen LogP contribution in [0.3, 0.4) is 0 Å². The van der Waals surface area contributed by atoms with E-state index in [1.807, 2.05) is 18.2 Å². The molecular weight excluding hydrogens is 334 g/mol. The van der Waals surface area contributed by atoms with Gasteiger partial charge < -0.3 is 5.32 Å². The van der Waals surface area contributed by atoms with Gasteiger partial charge in [-0.2, -0.15) is 0 Å². The van der Waals surface area contributed by atoms with Crippen molar-refractivity contribution in [2.75, 3.05) is 0 Å². The van der Waals surface area contributed by atoms with Crippen molar-refractivity contribution in [1.82, 2.24) is 15.3 Å². The predicted molar refractivity (Wildman–Crippen MR) is 110 cm³/mol. The highest BCUT2D eigenvalue weighted by molar-refractivity contribution is 5.92. The van der Waals surface area contributed by atoms with E-state index < -0.39 is 0 Å². The molecule has 0 aliphatic carbocycles. The lowest BCUT2D eigenvalue weighted by molar-refractivity contribution is 0.0926. The zero-order chi connectivity index (χ0) is 19.6. The molecule has 0 saturated carbocycles. The molecule has 1 aromatic heterocycles. The Kier molecular flexibility index (Phi) is 8.43. The first-order valence-electron chi connectivity index (χ1n) is 10.1. The number of hydrogen-bond acceptors (Lipinski definition) is 3. The van der Waals surface area contributed by atoms with E-state index in [0.29, 0.717) is 23.4 Å². The van der Waals surface area contributed by atoms with Crippen LogP contribution in [0.25, 0.3) is 0 Å². The molecule has 1 amide bonds. The third-order valence-electron chi connectivity index (χ3n) is 5.06. The fraction of sp³-hybridized carbons (Fsp3) is 0.522. The van der Waals surface area contributed by atoms with Gasteiger partial charge >= 0.3 is 0 Å². The van der Waals surface area contributed by atoms with E-state index in [-0.39, 0.29) is 11.9 Å². The summed E-state index contributed by atoms with van der Waals surface area (Å²) in [4.78, 5) is 20.7. The lowest BCUT2D eigenvalue weighted by Gasteiger charge is -2.26. The Bertz CT molecular complexity index is 671. The molecule has 0 aliphatic heterocycles. The monoisotopic (exact) mass is 367 g/mol. The number of carbonyl (C=O) groups excluding carboxylic acids is 1. The third-order valence-corrected chi connectivity index (χ3v) is 5.06. The van der Waals surface area contributed by atoms with E-state index in [9.17, 15) is 4.79 Å². The maximum absolute atomic E-state index is 12.6. The number of amides is 1. The SMILES string of the molecule is CC(C)C[C@H](CC[C@H](Cc1ccccc1)NC(=O)c1cnccn1)C(C)C. The lowest BCUT2D eigenvalue weighted by Crippen LogP contribution is -2.37. The van der Waals surface area contributed by atoms with Gasteiger partial charge in [0.15, 0.2) is 0 Å². The van der Waals surface area contributed by atoms with Crippen LogP contribution >= 0.6 is 0 Å². The van der Waals surface area contributed by atoms with E-state index in [1.54, 1.807) is 12.4 Å². The minimum atomic E-state index is -0.144. The van der Waals surface area contributed by atoms with Gasteiger partial charge in [0.05, 0.1) is 6.20 Å². The number of nitrogens with zero attached hydrogens (tertiary/aromatic N) is 2. The first kappa shape index (κ1) is 21.1. The lowest BCUT2D eigenvalue weighted by atomic mass is 9.83. The summed E-state index contributed by atoms with van der Waals surface area (Å²) in [5.74, 6) is 1.88. The number of aromatic nitrogens is 2. The molecule has 0 aliphatic rings. The third kappa shape index (κ3) is 7.49. The summed E-state index contributed by atoms with van der Waals surface area (Å²) in [5, 5.41) is 3.19. The highest BCUT2D eigenvalue weighted by atomic mass is 16.1. The van der Waals surface area contributed by atoms with Crippen LogP contribution in [0.15, 0.2) is 48.9 Å². The van der Waals surface area contributed by atoms with Crippen molar-refractivity contribution < 1.29 is 4.79 Å². The van der Waals surface area contributed by atoms with Crippen molar-refractivity contribution in [3.05, 3.63) is 60.2 Å². The molecular formula is C23H33N3O. The summed E-state index contributed by atoms with van der Waals surface area (Å²) in [7, 11) is 0. The summed E-state index contributed by atoms with van der Waals surface area (Å²) in [6, 6.07) is 10.5. The van der Waals surface area contributed by atoms with Crippen LogP contribution in [-0.2, 0) is 6.42 Å². The minimum Gasteiger partial charge on any atom is -0.348 e. The smallest absolute Gasteiger partial charge is 0.271 e. The topological polar surface area (TPSA) is 54.9 Å². The highest BCUT2D eigenvalue weighted by Crippen LogP contribution is 2.26. The Morgan fingerprint density at radius 2 is 1.78 bits per heavy atom. The Balaban J connectivity index is 2.05. The Morgan fingerprint density at radius 1 is 1.04 bits per heavy atom. The van der Waals surface area contributed by atoms with Crippen LogP contribution in [0.4, 0.5) is 0 Å². The maximum atomic E-state index is 12.6. The van der Waals surface area contributed by atoms with Crippen molar-refractivity contribution >= 4 is 5.91 Å². The van der Waals surface area contributed by atoms with Gasteiger partial charge in [-0.3, -0.25) is 9.78 Å². The van der Waals surface area contributed by atoms with Crippen LogP contribution in [-0.4, -0.2) is 21.9 Å². The van der Waals surface area contributed by atoms with Crippen LogP contribution < -0.4 is 5.32 Å². The molecule has 27 heavy (non-hydrogen) atoms. The van der Waals surface area contributed by atoms with Crippen LogP contribution in [0.2, 0.25) is 0 Å². The quantitative estimate of drug-likeness (QED) is 0.649. The molecule has 1 aromatic carbocycles. The van der Waals surface area contributed by atoms with Crippen LogP contribution in [0.5, 0.6) is 0 Å². The van der Waals surface area contributed by atoms with Crippen molar-refractivity contribution in [1.29, 1.82) is 0 Å². The zero-order valence-corrected chi connectivity index (χ0v) is 17.1. The highest BCUT2D eigenvalue weighted by Gasteiger charge is 2.20. The molecule has 1 heterocycles. The van der Waals surface area contributed by atoms with E-state index in [1.165, 1.54) is 18.2 Å². The van der Waals surface area contributed by atoms with Gasteiger partial charge in [0, 0.05) is 18.4 Å². The van der Waals surface area contributed by atoms with Gasteiger partial charge in [0.1, 0.15) is 5.69 Å². The Hall–Kier alpha value is -2.23. The molecule has 0 radical (unpaired) electrons.